The molecule has 0 aromatic carbocycles. The number of hydrogen-bond donors (Lipinski definition) is 3. The molecule has 9 heteroatoms. The summed E-state index contributed by atoms with van der Waals surface area (Å²) in [5.41, 5.74) is -1.14. The molecule has 3 N–H and O–H groups in total. The number of carboxylic acid groups (broad SMARTS) is 1. The fourth-order valence-corrected chi connectivity index (χ4v) is 3.03. The summed E-state index contributed by atoms with van der Waals surface area (Å²) in [4.78, 5) is 23.4. The predicted molar refractivity (Wildman–Crippen MR) is 73.3 cm³/mol. The highest BCUT2D eigenvalue weighted by Gasteiger charge is 2.46. The third-order valence-electron chi connectivity index (χ3n) is 3.76. The van der Waals surface area contributed by atoms with E-state index in [9.17, 15) is 23.1 Å². The van der Waals surface area contributed by atoms with Gasteiger partial charge in [0.05, 0.1) is 0 Å². The Morgan fingerprint density at radius 1 is 1.38 bits per heavy atom. The number of aromatic nitrogens is 1. The number of aryl methyl sites for hydroxylation is 1. The molecule has 0 bridgehead atoms. The SMILES string of the molecule is CNS(=O)(=O)c1cc(C(=O)NC2(C(=O)O)CCC2)n(C)c1. The van der Waals surface area contributed by atoms with Gasteiger partial charge in [0.15, 0.2) is 0 Å². The molecule has 116 valence electrons. The van der Waals surface area contributed by atoms with Gasteiger partial charge in [0, 0.05) is 13.2 Å². The van der Waals surface area contributed by atoms with E-state index < -0.39 is 27.4 Å². The molecule has 8 nitrogen and oxygen atoms in total. The van der Waals surface area contributed by atoms with Crippen LogP contribution in [-0.2, 0) is 21.9 Å². The van der Waals surface area contributed by atoms with Crippen LogP contribution in [0.1, 0.15) is 29.8 Å². The van der Waals surface area contributed by atoms with Gasteiger partial charge in [-0.25, -0.2) is 17.9 Å². The van der Waals surface area contributed by atoms with Crippen LogP contribution >= 0.6 is 0 Å². The number of nitrogens with zero attached hydrogens (tertiary/aromatic N) is 1. The van der Waals surface area contributed by atoms with E-state index in [-0.39, 0.29) is 10.6 Å². The van der Waals surface area contributed by atoms with E-state index in [4.69, 9.17) is 0 Å². The predicted octanol–water partition coefficient (Wildman–Crippen LogP) is -0.330. The summed E-state index contributed by atoms with van der Waals surface area (Å²) in [5, 5.41) is 11.7. The number of amides is 1. The lowest BCUT2D eigenvalue weighted by Crippen LogP contribution is -2.59. The molecule has 1 aromatic rings. The van der Waals surface area contributed by atoms with Gasteiger partial charge in [-0.1, -0.05) is 0 Å². The van der Waals surface area contributed by atoms with Gasteiger partial charge in [0.25, 0.3) is 5.91 Å². The molecule has 0 radical (unpaired) electrons. The molecule has 0 atom stereocenters. The molecule has 21 heavy (non-hydrogen) atoms. The van der Waals surface area contributed by atoms with Crippen molar-refractivity contribution >= 4 is 21.9 Å². The van der Waals surface area contributed by atoms with Crippen LogP contribution in [0.4, 0.5) is 0 Å². The lowest BCUT2D eigenvalue weighted by molar-refractivity contribution is -0.148. The summed E-state index contributed by atoms with van der Waals surface area (Å²) in [7, 11) is -0.853. The van der Waals surface area contributed by atoms with Crippen LogP contribution in [0.2, 0.25) is 0 Å². The van der Waals surface area contributed by atoms with E-state index >= 15 is 0 Å². The zero-order valence-corrected chi connectivity index (χ0v) is 12.5. The van der Waals surface area contributed by atoms with Gasteiger partial charge in [-0.2, -0.15) is 0 Å². The number of hydrogen-bond acceptors (Lipinski definition) is 4. The Morgan fingerprint density at radius 2 is 2.00 bits per heavy atom. The standard InChI is InChI=1S/C12H17N3O5S/c1-13-21(19,20)8-6-9(15(2)7-8)10(16)14-12(11(17)18)4-3-5-12/h6-7,13H,3-5H2,1-2H3,(H,14,16)(H,17,18). The maximum Gasteiger partial charge on any atom is 0.329 e. The number of sulfonamides is 1. The third kappa shape index (κ3) is 2.66. The van der Waals surface area contributed by atoms with E-state index in [0.717, 1.165) is 6.42 Å². The summed E-state index contributed by atoms with van der Waals surface area (Å²) in [6.45, 7) is 0. The summed E-state index contributed by atoms with van der Waals surface area (Å²) in [6.07, 6.45) is 2.79. The van der Waals surface area contributed by atoms with Crippen LogP contribution in [0.25, 0.3) is 0 Å². The number of carbonyl (C=O) groups is 2. The van der Waals surface area contributed by atoms with Gasteiger partial charge in [0.1, 0.15) is 16.1 Å². The fourth-order valence-electron chi connectivity index (χ4n) is 2.23. The number of nitrogens with one attached hydrogen (secondary N) is 2. The Kier molecular flexibility index (Phi) is 3.81. The minimum atomic E-state index is -3.65. The van der Waals surface area contributed by atoms with Crippen LogP contribution in [0.5, 0.6) is 0 Å². The van der Waals surface area contributed by atoms with Gasteiger partial charge in [-0.15, -0.1) is 0 Å². The molecular formula is C12H17N3O5S. The molecule has 0 aliphatic heterocycles. The lowest BCUT2D eigenvalue weighted by atomic mass is 9.76. The smallest absolute Gasteiger partial charge is 0.329 e. The Balaban J connectivity index is 2.27. The second-order valence-electron chi connectivity index (χ2n) is 5.07. The third-order valence-corrected chi connectivity index (χ3v) is 5.14. The Bertz CT molecular complexity index is 688. The first-order valence-electron chi connectivity index (χ1n) is 6.38. The highest BCUT2D eigenvalue weighted by Crippen LogP contribution is 2.32. The number of carboxylic acids is 1. The van der Waals surface area contributed by atoms with Gasteiger partial charge in [0.2, 0.25) is 10.0 Å². The van der Waals surface area contributed by atoms with E-state index in [2.05, 4.69) is 10.0 Å². The van der Waals surface area contributed by atoms with Crippen molar-refractivity contribution in [3.63, 3.8) is 0 Å². The Hall–Kier alpha value is -1.87. The number of rotatable bonds is 5. The molecule has 1 aromatic heterocycles. The van der Waals surface area contributed by atoms with E-state index in [1.165, 1.54) is 30.9 Å². The first kappa shape index (κ1) is 15.5. The number of carbonyl (C=O) groups excluding carboxylic acids is 1. The first-order chi connectivity index (χ1) is 9.72. The van der Waals surface area contributed by atoms with Crippen molar-refractivity contribution in [2.24, 2.45) is 7.05 Å². The second kappa shape index (κ2) is 5.15. The minimum Gasteiger partial charge on any atom is -0.480 e. The summed E-state index contributed by atoms with van der Waals surface area (Å²) < 4.78 is 26.9. The molecular weight excluding hydrogens is 298 g/mol. The van der Waals surface area contributed by atoms with E-state index in [1.807, 2.05) is 0 Å². The molecule has 1 saturated carbocycles. The Morgan fingerprint density at radius 3 is 2.43 bits per heavy atom. The van der Waals surface area contributed by atoms with Gasteiger partial charge in [-0.05, 0) is 32.4 Å². The molecule has 1 heterocycles. The zero-order valence-electron chi connectivity index (χ0n) is 11.7. The average Bonchev–Trinajstić information content (AvgIpc) is 2.76. The van der Waals surface area contributed by atoms with Crippen LogP contribution < -0.4 is 10.0 Å². The molecule has 1 amide bonds. The van der Waals surface area contributed by atoms with Crippen molar-refractivity contribution in [1.29, 1.82) is 0 Å². The van der Waals surface area contributed by atoms with Crippen LogP contribution in [0.3, 0.4) is 0 Å². The molecule has 1 aliphatic carbocycles. The lowest BCUT2D eigenvalue weighted by Gasteiger charge is -2.38. The van der Waals surface area contributed by atoms with Crippen molar-refractivity contribution in [3.05, 3.63) is 18.0 Å². The fraction of sp³-hybridized carbons (Fsp3) is 0.500. The largest absolute Gasteiger partial charge is 0.480 e. The van der Waals surface area contributed by atoms with Crippen LogP contribution in [-0.4, -0.2) is 42.6 Å². The monoisotopic (exact) mass is 315 g/mol. The number of aliphatic carboxylic acids is 1. The molecule has 0 unspecified atom stereocenters. The minimum absolute atomic E-state index is 0.0457. The highest BCUT2D eigenvalue weighted by atomic mass is 32.2. The maximum absolute atomic E-state index is 12.2. The summed E-state index contributed by atoms with van der Waals surface area (Å²) in [5.74, 6) is -1.67. The van der Waals surface area contributed by atoms with Crippen molar-refractivity contribution in [2.75, 3.05) is 7.05 Å². The highest BCUT2D eigenvalue weighted by molar-refractivity contribution is 7.89. The second-order valence-corrected chi connectivity index (χ2v) is 6.96. The van der Waals surface area contributed by atoms with Crippen molar-refractivity contribution < 1.29 is 23.1 Å². The first-order valence-corrected chi connectivity index (χ1v) is 7.86. The zero-order chi connectivity index (χ0) is 15.8. The van der Waals surface area contributed by atoms with Gasteiger partial charge >= 0.3 is 5.97 Å². The van der Waals surface area contributed by atoms with E-state index in [0.29, 0.717) is 12.8 Å². The van der Waals surface area contributed by atoms with Gasteiger partial charge in [-0.3, -0.25) is 4.79 Å². The molecule has 1 fully saturated rings. The van der Waals surface area contributed by atoms with Crippen LogP contribution in [0, 0.1) is 0 Å². The topological polar surface area (TPSA) is 118 Å². The molecule has 1 aliphatic rings. The normalized spacial score (nSPS) is 17.0. The average molecular weight is 315 g/mol. The van der Waals surface area contributed by atoms with Crippen LogP contribution in [0.15, 0.2) is 17.2 Å². The molecule has 0 spiro atoms. The molecule has 0 saturated heterocycles. The summed E-state index contributed by atoms with van der Waals surface area (Å²) in [6, 6.07) is 1.22. The quantitative estimate of drug-likeness (QED) is 0.688. The Labute approximate surface area is 122 Å². The maximum atomic E-state index is 12.2. The van der Waals surface area contributed by atoms with Gasteiger partial charge < -0.3 is 15.0 Å². The summed E-state index contributed by atoms with van der Waals surface area (Å²) >= 11 is 0. The molecule has 2 rings (SSSR count). The van der Waals surface area contributed by atoms with Crippen molar-refractivity contribution in [1.82, 2.24) is 14.6 Å². The van der Waals surface area contributed by atoms with Crippen molar-refractivity contribution in [3.8, 4) is 0 Å². The van der Waals surface area contributed by atoms with Crippen molar-refractivity contribution in [2.45, 2.75) is 29.7 Å². The van der Waals surface area contributed by atoms with E-state index in [1.54, 1.807) is 0 Å².